The fourth-order valence-electron chi connectivity index (χ4n) is 1.80. The van der Waals surface area contributed by atoms with Gasteiger partial charge in [-0.25, -0.2) is 0 Å². The van der Waals surface area contributed by atoms with E-state index in [1.807, 2.05) is 31.2 Å². The van der Waals surface area contributed by atoms with Gasteiger partial charge in [-0.15, -0.1) is 0 Å². The molecule has 0 aliphatic carbocycles. The average molecular weight is 274 g/mol. The molecule has 0 fully saturated rings. The van der Waals surface area contributed by atoms with Crippen LogP contribution in [0.3, 0.4) is 0 Å². The molecule has 0 radical (unpaired) electrons. The largest absolute Gasteiger partial charge is 0.352 e. The molecule has 0 heterocycles. The van der Waals surface area contributed by atoms with Gasteiger partial charge in [0.1, 0.15) is 0 Å². The number of nitrogens with one attached hydrogen (secondary N) is 1. The fraction of sp³-hybridized carbons (Fsp3) is 0.188. The third kappa shape index (κ3) is 3.83. The van der Waals surface area contributed by atoms with E-state index in [1.54, 1.807) is 12.1 Å². The van der Waals surface area contributed by atoms with E-state index in [0.717, 1.165) is 12.0 Å². The van der Waals surface area contributed by atoms with Crippen molar-refractivity contribution >= 4 is 17.5 Å². The Morgan fingerprint density at radius 2 is 1.89 bits per heavy atom. The van der Waals surface area contributed by atoms with Gasteiger partial charge in [0.05, 0.1) is 0 Å². The van der Waals surface area contributed by atoms with Gasteiger partial charge >= 0.3 is 0 Å². The van der Waals surface area contributed by atoms with Gasteiger partial charge in [-0.05, 0) is 36.6 Å². The van der Waals surface area contributed by atoms with Gasteiger partial charge in [-0.1, -0.05) is 48.0 Å². The summed E-state index contributed by atoms with van der Waals surface area (Å²) in [6.07, 6.45) is 0.826. The Morgan fingerprint density at radius 1 is 1.16 bits per heavy atom. The maximum absolute atomic E-state index is 11.9. The highest BCUT2D eigenvalue weighted by Crippen LogP contribution is 2.16. The third-order valence-corrected chi connectivity index (χ3v) is 3.38. The fourth-order valence-corrected chi connectivity index (χ4v) is 1.98. The van der Waals surface area contributed by atoms with Crippen molar-refractivity contribution in [3.05, 3.63) is 70.2 Å². The lowest BCUT2D eigenvalue weighted by Gasteiger charge is -2.06. The van der Waals surface area contributed by atoms with Gasteiger partial charge in [0.25, 0.3) is 5.91 Å². The number of rotatable bonds is 4. The monoisotopic (exact) mass is 273 g/mol. The second kappa shape index (κ2) is 6.39. The summed E-state index contributed by atoms with van der Waals surface area (Å²) >= 11 is 6.01. The Labute approximate surface area is 118 Å². The first-order valence-corrected chi connectivity index (χ1v) is 6.63. The van der Waals surface area contributed by atoms with Crippen molar-refractivity contribution in [1.29, 1.82) is 0 Å². The van der Waals surface area contributed by atoms with Crippen molar-refractivity contribution in [3.63, 3.8) is 0 Å². The van der Waals surface area contributed by atoms with Crippen LogP contribution in [0.15, 0.2) is 48.5 Å². The zero-order chi connectivity index (χ0) is 13.7. The highest BCUT2D eigenvalue weighted by molar-refractivity contribution is 6.31. The third-order valence-electron chi connectivity index (χ3n) is 2.98. The number of carbonyl (C=O) groups is 1. The molecule has 1 amide bonds. The van der Waals surface area contributed by atoms with Crippen LogP contribution in [0.25, 0.3) is 0 Å². The van der Waals surface area contributed by atoms with Crippen LogP contribution < -0.4 is 5.32 Å². The second-order valence-corrected chi connectivity index (χ2v) is 4.86. The lowest BCUT2D eigenvalue weighted by molar-refractivity contribution is 0.0954. The minimum atomic E-state index is -0.0853. The number of hydrogen-bond acceptors (Lipinski definition) is 1. The zero-order valence-corrected chi connectivity index (χ0v) is 11.6. The average Bonchev–Trinajstić information content (AvgIpc) is 2.43. The molecule has 2 aromatic carbocycles. The van der Waals surface area contributed by atoms with E-state index in [4.69, 9.17) is 11.6 Å². The molecular formula is C16H16ClNO. The Balaban J connectivity index is 1.89. The highest BCUT2D eigenvalue weighted by atomic mass is 35.5. The minimum Gasteiger partial charge on any atom is -0.352 e. The van der Waals surface area contributed by atoms with E-state index in [1.165, 1.54) is 5.56 Å². The number of benzene rings is 2. The molecule has 0 aliphatic rings. The first-order valence-electron chi connectivity index (χ1n) is 6.25. The summed E-state index contributed by atoms with van der Waals surface area (Å²) in [7, 11) is 0. The predicted molar refractivity (Wildman–Crippen MR) is 78.7 cm³/mol. The molecule has 2 aromatic rings. The van der Waals surface area contributed by atoms with Crippen LogP contribution >= 0.6 is 11.6 Å². The highest BCUT2D eigenvalue weighted by Gasteiger charge is 2.06. The van der Waals surface area contributed by atoms with Gasteiger partial charge in [0.2, 0.25) is 0 Å². The normalized spacial score (nSPS) is 10.2. The molecular weight excluding hydrogens is 258 g/mol. The second-order valence-electron chi connectivity index (χ2n) is 4.46. The van der Waals surface area contributed by atoms with Crippen LogP contribution in [0.4, 0.5) is 0 Å². The lowest BCUT2D eigenvalue weighted by Crippen LogP contribution is -2.25. The van der Waals surface area contributed by atoms with Crippen molar-refractivity contribution in [1.82, 2.24) is 5.32 Å². The Morgan fingerprint density at radius 3 is 2.58 bits per heavy atom. The van der Waals surface area contributed by atoms with Crippen LogP contribution in [-0.4, -0.2) is 12.5 Å². The summed E-state index contributed by atoms with van der Waals surface area (Å²) in [4.78, 5) is 11.9. The number of halogens is 1. The topological polar surface area (TPSA) is 29.1 Å². The summed E-state index contributed by atoms with van der Waals surface area (Å²) in [5.41, 5.74) is 2.79. The Kier molecular flexibility index (Phi) is 4.58. The quantitative estimate of drug-likeness (QED) is 0.906. The van der Waals surface area contributed by atoms with Crippen molar-refractivity contribution in [2.45, 2.75) is 13.3 Å². The van der Waals surface area contributed by atoms with E-state index >= 15 is 0 Å². The van der Waals surface area contributed by atoms with Gasteiger partial charge < -0.3 is 5.32 Å². The number of amides is 1. The molecule has 19 heavy (non-hydrogen) atoms. The summed E-state index contributed by atoms with van der Waals surface area (Å²) in [6.45, 7) is 2.54. The molecule has 98 valence electrons. The van der Waals surface area contributed by atoms with E-state index in [2.05, 4.69) is 17.4 Å². The Bertz CT molecular complexity index is 566. The molecule has 0 saturated carbocycles. The maximum Gasteiger partial charge on any atom is 0.251 e. The van der Waals surface area contributed by atoms with Crippen molar-refractivity contribution in [2.24, 2.45) is 0 Å². The van der Waals surface area contributed by atoms with E-state index in [9.17, 15) is 4.79 Å². The van der Waals surface area contributed by atoms with Crippen LogP contribution in [0, 0.1) is 6.92 Å². The van der Waals surface area contributed by atoms with Gasteiger partial charge in [-0.2, -0.15) is 0 Å². The first-order chi connectivity index (χ1) is 9.16. The van der Waals surface area contributed by atoms with Gasteiger partial charge in [-0.3, -0.25) is 4.79 Å². The molecule has 0 spiro atoms. The zero-order valence-electron chi connectivity index (χ0n) is 10.8. The first kappa shape index (κ1) is 13.6. The van der Waals surface area contributed by atoms with Crippen molar-refractivity contribution < 1.29 is 4.79 Å². The van der Waals surface area contributed by atoms with Crippen LogP contribution in [-0.2, 0) is 6.42 Å². The van der Waals surface area contributed by atoms with E-state index in [0.29, 0.717) is 17.1 Å². The minimum absolute atomic E-state index is 0.0853. The molecule has 2 nitrogen and oxygen atoms in total. The van der Waals surface area contributed by atoms with E-state index < -0.39 is 0 Å². The molecule has 0 unspecified atom stereocenters. The molecule has 0 saturated heterocycles. The maximum atomic E-state index is 11.9. The predicted octanol–water partition coefficient (Wildman–Crippen LogP) is 3.62. The Hall–Kier alpha value is -1.80. The van der Waals surface area contributed by atoms with Crippen LogP contribution in [0.5, 0.6) is 0 Å². The van der Waals surface area contributed by atoms with Crippen molar-refractivity contribution in [3.8, 4) is 0 Å². The molecule has 0 aromatic heterocycles. The summed E-state index contributed by atoms with van der Waals surface area (Å²) in [5.74, 6) is -0.0853. The summed E-state index contributed by atoms with van der Waals surface area (Å²) in [6, 6.07) is 15.4. The summed E-state index contributed by atoms with van der Waals surface area (Å²) < 4.78 is 0. The smallest absolute Gasteiger partial charge is 0.251 e. The molecule has 1 N–H and O–H groups in total. The lowest BCUT2D eigenvalue weighted by atomic mass is 10.1. The standard InChI is InChI=1S/C16H16ClNO/c1-12-7-8-14(11-15(12)17)16(19)18-10-9-13-5-3-2-4-6-13/h2-8,11H,9-10H2,1H3,(H,18,19). The SMILES string of the molecule is Cc1ccc(C(=O)NCCc2ccccc2)cc1Cl. The van der Waals surface area contributed by atoms with Crippen molar-refractivity contribution in [2.75, 3.05) is 6.54 Å². The molecule has 2 rings (SSSR count). The summed E-state index contributed by atoms with van der Waals surface area (Å²) in [5, 5.41) is 3.52. The molecule has 0 aliphatic heterocycles. The van der Waals surface area contributed by atoms with Gasteiger partial charge in [0.15, 0.2) is 0 Å². The van der Waals surface area contributed by atoms with E-state index in [-0.39, 0.29) is 5.91 Å². The van der Waals surface area contributed by atoms with Gasteiger partial charge in [0, 0.05) is 17.1 Å². The molecule has 0 atom stereocenters. The number of aryl methyl sites for hydroxylation is 1. The number of carbonyl (C=O) groups excluding carboxylic acids is 1. The van der Waals surface area contributed by atoms with Crippen LogP contribution in [0.2, 0.25) is 5.02 Å². The molecule has 3 heteroatoms. The molecule has 0 bridgehead atoms. The van der Waals surface area contributed by atoms with Crippen LogP contribution in [0.1, 0.15) is 21.5 Å². The number of hydrogen-bond donors (Lipinski definition) is 1.